The summed E-state index contributed by atoms with van der Waals surface area (Å²) in [6, 6.07) is 5.07. The molecule has 1 amide bonds. The lowest BCUT2D eigenvalue weighted by atomic mass is 10.2. The second-order valence-electron chi connectivity index (χ2n) is 4.92. The van der Waals surface area contributed by atoms with Crippen molar-refractivity contribution in [3.63, 3.8) is 0 Å². The molecule has 0 heterocycles. The van der Waals surface area contributed by atoms with Gasteiger partial charge >= 0.3 is 0 Å². The van der Waals surface area contributed by atoms with E-state index in [9.17, 15) is 23.3 Å². The third-order valence-corrected chi connectivity index (χ3v) is 4.18. The molecular weight excluding hydrogens is 310 g/mol. The van der Waals surface area contributed by atoms with Gasteiger partial charge in [0.2, 0.25) is 15.9 Å². The Labute approximate surface area is 129 Å². The van der Waals surface area contributed by atoms with Gasteiger partial charge in [-0.3, -0.25) is 19.2 Å². The molecule has 9 heteroatoms. The predicted octanol–water partition coefficient (Wildman–Crippen LogP) is 1.28. The standard InChI is InChI=1S/C13H19N3O5S/c1-4-10(2)14-13(17)9-15(22(3,20)21)11-6-5-7-12(8-11)16(18)19/h5-8,10H,4,9H2,1-3H3,(H,14,17)/t10-/m1/s1. The Morgan fingerprint density at radius 3 is 2.59 bits per heavy atom. The predicted molar refractivity (Wildman–Crippen MR) is 83.2 cm³/mol. The Bertz CT molecular complexity index is 659. The number of benzene rings is 1. The molecule has 0 aliphatic heterocycles. The highest BCUT2D eigenvalue weighted by Crippen LogP contribution is 2.22. The van der Waals surface area contributed by atoms with E-state index in [1.54, 1.807) is 6.92 Å². The molecule has 0 aromatic heterocycles. The van der Waals surface area contributed by atoms with Crippen LogP contribution in [-0.4, -0.2) is 38.1 Å². The lowest BCUT2D eigenvalue weighted by Crippen LogP contribution is -2.43. The number of nitro benzene ring substituents is 1. The van der Waals surface area contributed by atoms with Crippen molar-refractivity contribution in [2.75, 3.05) is 17.1 Å². The van der Waals surface area contributed by atoms with E-state index in [1.165, 1.54) is 18.2 Å². The van der Waals surface area contributed by atoms with Gasteiger partial charge in [-0.25, -0.2) is 8.42 Å². The second-order valence-corrected chi connectivity index (χ2v) is 6.83. The third-order valence-electron chi connectivity index (χ3n) is 3.04. The molecule has 22 heavy (non-hydrogen) atoms. The number of carbonyl (C=O) groups is 1. The Morgan fingerprint density at radius 2 is 2.09 bits per heavy atom. The zero-order chi connectivity index (χ0) is 16.9. The van der Waals surface area contributed by atoms with Crippen molar-refractivity contribution in [3.05, 3.63) is 34.4 Å². The summed E-state index contributed by atoms with van der Waals surface area (Å²) in [5, 5.41) is 13.5. The Hall–Kier alpha value is -2.16. The topological polar surface area (TPSA) is 110 Å². The minimum atomic E-state index is -3.75. The molecule has 0 spiro atoms. The highest BCUT2D eigenvalue weighted by atomic mass is 32.2. The number of sulfonamides is 1. The molecule has 122 valence electrons. The molecule has 1 atom stereocenters. The lowest BCUT2D eigenvalue weighted by molar-refractivity contribution is -0.384. The fraction of sp³-hybridized carbons (Fsp3) is 0.462. The molecule has 0 saturated carbocycles. The first-order valence-corrected chi connectivity index (χ1v) is 8.51. The van der Waals surface area contributed by atoms with Crippen LogP contribution in [0.15, 0.2) is 24.3 Å². The molecule has 8 nitrogen and oxygen atoms in total. The maximum Gasteiger partial charge on any atom is 0.271 e. The number of rotatable bonds is 7. The highest BCUT2D eigenvalue weighted by Gasteiger charge is 2.22. The smallest absolute Gasteiger partial charge is 0.271 e. The van der Waals surface area contributed by atoms with E-state index in [-0.39, 0.29) is 17.4 Å². The molecule has 1 aromatic carbocycles. The summed E-state index contributed by atoms with van der Waals surface area (Å²) in [5.74, 6) is -0.466. The number of nitrogens with one attached hydrogen (secondary N) is 1. The number of non-ortho nitro benzene ring substituents is 1. The first-order chi connectivity index (χ1) is 10.1. The fourth-order valence-electron chi connectivity index (χ4n) is 1.71. The maximum atomic E-state index is 11.9. The SMILES string of the molecule is CC[C@@H](C)NC(=O)CN(c1cccc([N+](=O)[O-])c1)S(C)(=O)=O. The number of nitrogens with zero attached hydrogens (tertiary/aromatic N) is 2. The monoisotopic (exact) mass is 329 g/mol. The average molecular weight is 329 g/mol. The van der Waals surface area contributed by atoms with Crippen LogP contribution in [0, 0.1) is 10.1 Å². The van der Waals surface area contributed by atoms with Crippen molar-refractivity contribution in [2.24, 2.45) is 0 Å². The minimum Gasteiger partial charge on any atom is -0.352 e. The zero-order valence-electron chi connectivity index (χ0n) is 12.6. The van der Waals surface area contributed by atoms with E-state index in [1.807, 2.05) is 6.92 Å². The van der Waals surface area contributed by atoms with Crippen molar-refractivity contribution >= 4 is 27.3 Å². The Morgan fingerprint density at radius 1 is 1.45 bits per heavy atom. The van der Waals surface area contributed by atoms with Crippen LogP contribution in [-0.2, 0) is 14.8 Å². The summed E-state index contributed by atoms with van der Waals surface area (Å²) in [6.07, 6.45) is 1.66. The molecule has 0 radical (unpaired) electrons. The number of nitro groups is 1. The Balaban J connectivity index is 3.07. The molecular formula is C13H19N3O5S. The summed E-state index contributed by atoms with van der Waals surface area (Å²) < 4.78 is 24.6. The van der Waals surface area contributed by atoms with Gasteiger partial charge in [0, 0.05) is 18.2 Å². The van der Waals surface area contributed by atoms with Gasteiger partial charge in [0.25, 0.3) is 5.69 Å². The van der Waals surface area contributed by atoms with Crippen molar-refractivity contribution in [3.8, 4) is 0 Å². The molecule has 1 N–H and O–H groups in total. The van der Waals surface area contributed by atoms with Gasteiger partial charge < -0.3 is 5.32 Å². The molecule has 1 rings (SSSR count). The highest BCUT2D eigenvalue weighted by molar-refractivity contribution is 7.92. The maximum absolute atomic E-state index is 11.9. The van der Waals surface area contributed by atoms with E-state index in [0.29, 0.717) is 6.42 Å². The van der Waals surface area contributed by atoms with Crippen molar-refractivity contribution < 1.29 is 18.1 Å². The third kappa shape index (κ3) is 4.99. The Kier molecular flexibility index (Phi) is 5.86. The molecule has 0 unspecified atom stereocenters. The van der Waals surface area contributed by atoms with Crippen molar-refractivity contribution in [1.82, 2.24) is 5.32 Å². The van der Waals surface area contributed by atoms with Crippen LogP contribution in [0.2, 0.25) is 0 Å². The van der Waals surface area contributed by atoms with E-state index < -0.39 is 27.4 Å². The van der Waals surface area contributed by atoms with Gasteiger partial charge in [-0.2, -0.15) is 0 Å². The van der Waals surface area contributed by atoms with Crippen LogP contribution in [0.1, 0.15) is 20.3 Å². The number of carbonyl (C=O) groups excluding carboxylic acids is 1. The molecule has 0 aliphatic rings. The van der Waals surface area contributed by atoms with Crippen molar-refractivity contribution in [2.45, 2.75) is 26.3 Å². The molecule has 0 fully saturated rings. The summed E-state index contributed by atoms with van der Waals surface area (Å²) in [5.41, 5.74) is -0.163. The van der Waals surface area contributed by atoms with Gasteiger partial charge in [-0.1, -0.05) is 13.0 Å². The number of hydrogen-bond acceptors (Lipinski definition) is 5. The van der Waals surface area contributed by atoms with E-state index in [0.717, 1.165) is 16.6 Å². The van der Waals surface area contributed by atoms with Crippen LogP contribution < -0.4 is 9.62 Å². The van der Waals surface area contributed by atoms with Crippen LogP contribution in [0.3, 0.4) is 0 Å². The first kappa shape index (κ1) is 17.9. The van der Waals surface area contributed by atoms with Crippen LogP contribution >= 0.6 is 0 Å². The normalized spacial score (nSPS) is 12.5. The van der Waals surface area contributed by atoms with Crippen LogP contribution in [0.4, 0.5) is 11.4 Å². The summed E-state index contributed by atoms with van der Waals surface area (Å²) >= 11 is 0. The van der Waals surface area contributed by atoms with Gasteiger partial charge in [0.15, 0.2) is 0 Å². The first-order valence-electron chi connectivity index (χ1n) is 6.66. The van der Waals surface area contributed by atoms with Gasteiger partial charge in [-0.05, 0) is 19.4 Å². The van der Waals surface area contributed by atoms with E-state index in [2.05, 4.69) is 5.32 Å². The number of anilines is 1. The fourth-order valence-corrected chi connectivity index (χ4v) is 2.56. The number of amides is 1. The summed E-state index contributed by atoms with van der Waals surface area (Å²) in [6.45, 7) is 3.26. The van der Waals surface area contributed by atoms with E-state index in [4.69, 9.17) is 0 Å². The van der Waals surface area contributed by atoms with Crippen molar-refractivity contribution in [1.29, 1.82) is 0 Å². The summed E-state index contributed by atoms with van der Waals surface area (Å²) in [4.78, 5) is 22.1. The molecule has 0 aliphatic carbocycles. The molecule has 0 bridgehead atoms. The zero-order valence-corrected chi connectivity index (χ0v) is 13.5. The average Bonchev–Trinajstić information content (AvgIpc) is 2.43. The van der Waals surface area contributed by atoms with Gasteiger partial charge in [0.05, 0.1) is 16.9 Å². The molecule has 0 saturated heterocycles. The lowest BCUT2D eigenvalue weighted by Gasteiger charge is -2.22. The largest absolute Gasteiger partial charge is 0.352 e. The second kappa shape index (κ2) is 7.21. The van der Waals surface area contributed by atoms with Crippen LogP contribution in [0.25, 0.3) is 0 Å². The quantitative estimate of drug-likeness (QED) is 0.598. The van der Waals surface area contributed by atoms with Gasteiger partial charge in [0.1, 0.15) is 6.54 Å². The van der Waals surface area contributed by atoms with Crippen LogP contribution in [0.5, 0.6) is 0 Å². The minimum absolute atomic E-state index is 0.0796. The van der Waals surface area contributed by atoms with Gasteiger partial charge in [-0.15, -0.1) is 0 Å². The molecule has 1 aromatic rings. The van der Waals surface area contributed by atoms with E-state index >= 15 is 0 Å². The number of hydrogen-bond donors (Lipinski definition) is 1. The summed E-state index contributed by atoms with van der Waals surface area (Å²) in [7, 11) is -3.75.